The first kappa shape index (κ1) is 11.7. The summed E-state index contributed by atoms with van der Waals surface area (Å²) < 4.78 is 0. The van der Waals surface area contributed by atoms with Gasteiger partial charge in [0.25, 0.3) is 0 Å². The van der Waals surface area contributed by atoms with Crippen LogP contribution in [0.5, 0.6) is 0 Å². The topological polar surface area (TPSA) is 35.8 Å². The van der Waals surface area contributed by atoms with Crippen molar-refractivity contribution in [2.75, 3.05) is 13.1 Å². The molecule has 0 radical (unpaired) electrons. The molecule has 0 aromatic heterocycles. The quantitative estimate of drug-likeness (QED) is 0.718. The van der Waals surface area contributed by atoms with Gasteiger partial charge in [-0.2, -0.15) is 5.26 Å². The van der Waals surface area contributed by atoms with E-state index in [0.717, 1.165) is 25.9 Å². The predicted molar refractivity (Wildman–Crippen MR) is 62.6 cm³/mol. The zero-order valence-corrected chi connectivity index (χ0v) is 9.29. The maximum atomic E-state index is 8.35. The number of hydrogen-bond donors (Lipinski definition) is 1. The van der Waals surface area contributed by atoms with Gasteiger partial charge in [-0.1, -0.05) is 31.2 Å². The maximum Gasteiger partial charge on any atom is 0.0635 e. The number of rotatable bonds is 6. The lowest BCUT2D eigenvalue weighted by molar-refractivity contribution is 0.692. The summed E-state index contributed by atoms with van der Waals surface area (Å²) in [6, 6.07) is 10.9. The van der Waals surface area contributed by atoms with E-state index in [1.807, 2.05) is 0 Å². The Labute approximate surface area is 91.9 Å². The largest absolute Gasteiger partial charge is 0.315 e. The van der Waals surface area contributed by atoms with Gasteiger partial charge >= 0.3 is 0 Å². The van der Waals surface area contributed by atoms with Crippen LogP contribution in [0.3, 0.4) is 0 Å². The van der Waals surface area contributed by atoms with Gasteiger partial charge in [-0.3, -0.25) is 0 Å². The molecule has 0 aliphatic rings. The minimum absolute atomic E-state index is 0.592. The van der Waals surface area contributed by atoms with Crippen LogP contribution in [0.1, 0.15) is 24.5 Å². The molecule has 0 spiro atoms. The SMILES string of the molecule is CCc1ccc(CCNCCC#N)cc1. The van der Waals surface area contributed by atoms with Crippen molar-refractivity contribution in [3.8, 4) is 6.07 Å². The summed E-state index contributed by atoms with van der Waals surface area (Å²) in [5, 5.41) is 11.6. The van der Waals surface area contributed by atoms with Crippen LogP contribution in [0, 0.1) is 11.3 Å². The number of nitrogens with one attached hydrogen (secondary N) is 1. The molecule has 0 heterocycles. The fraction of sp³-hybridized carbons (Fsp3) is 0.462. The third kappa shape index (κ3) is 4.62. The number of nitrogens with zero attached hydrogens (tertiary/aromatic N) is 1. The van der Waals surface area contributed by atoms with Crippen LogP contribution >= 0.6 is 0 Å². The second-order valence-electron chi connectivity index (χ2n) is 3.58. The van der Waals surface area contributed by atoms with E-state index in [4.69, 9.17) is 5.26 Å². The Morgan fingerprint density at radius 3 is 2.40 bits per heavy atom. The van der Waals surface area contributed by atoms with E-state index in [1.165, 1.54) is 11.1 Å². The van der Waals surface area contributed by atoms with E-state index in [9.17, 15) is 0 Å². The minimum atomic E-state index is 0.592. The second kappa shape index (κ2) is 7.03. The van der Waals surface area contributed by atoms with Crippen LogP contribution in [0.4, 0.5) is 0 Å². The van der Waals surface area contributed by atoms with E-state index in [0.29, 0.717) is 6.42 Å². The van der Waals surface area contributed by atoms with Gasteiger partial charge < -0.3 is 5.32 Å². The van der Waals surface area contributed by atoms with E-state index >= 15 is 0 Å². The molecule has 1 N–H and O–H groups in total. The standard InChI is InChI=1S/C13H18N2/c1-2-12-4-6-13(7-5-12)8-11-15-10-3-9-14/h4-7,15H,2-3,8,10-11H2,1H3. The summed E-state index contributed by atoms with van der Waals surface area (Å²) in [7, 11) is 0. The summed E-state index contributed by atoms with van der Waals surface area (Å²) in [6.45, 7) is 3.91. The fourth-order valence-corrected chi connectivity index (χ4v) is 1.44. The Bertz CT molecular complexity index is 308. The lowest BCUT2D eigenvalue weighted by Gasteiger charge is -2.03. The average molecular weight is 202 g/mol. The first-order valence-electron chi connectivity index (χ1n) is 5.52. The number of hydrogen-bond acceptors (Lipinski definition) is 2. The highest BCUT2D eigenvalue weighted by atomic mass is 14.8. The summed E-state index contributed by atoms with van der Waals surface area (Å²) in [4.78, 5) is 0. The van der Waals surface area contributed by atoms with Gasteiger partial charge in [0, 0.05) is 13.0 Å². The third-order valence-corrected chi connectivity index (χ3v) is 2.44. The Morgan fingerprint density at radius 1 is 1.13 bits per heavy atom. The molecule has 1 aromatic carbocycles. The van der Waals surface area contributed by atoms with Crippen molar-refractivity contribution in [2.45, 2.75) is 26.2 Å². The number of nitriles is 1. The lowest BCUT2D eigenvalue weighted by atomic mass is 10.1. The summed E-state index contributed by atoms with van der Waals surface area (Å²) in [6.07, 6.45) is 2.73. The Kier molecular flexibility index (Phi) is 5.50. The molecule has 0 unspecified atom stereocenters. The Morgan fingerprint density at radius 2 is 1.80 bits per heavy atom. The highest BCUT2D eigenvalue weighted by Crippen LogP contribution is 2.05. The number of aryl methyl sites for hydroxylation is 1. The van der Waals surface area contributed by atoms with Gasteiger partial charge in [-0.05, 0) is 30.5 Å². The third-order valence-electron chi connectivity index (χ3n) is 2.44. The van der Waals surface area contributed by atoms with Gasteiger partial charge in [0.05, 0.1) is 6.07 Å². The molecular formula is C13H18N2. The Hall–Kier alpha value is -1.33. The van der Waals surface area contributed by atoms with Gasteiger partial charge in [0.2, 0.25) is 0 Å². The van der Waals surface area contributed by atoms with E-state index in [2.05, 4.69) is 42.6 Å². The zero-order chi connectivity index (χ0) is 10.9. The fourth-order valence-electron chi connectivity index (χ4n) is 1.44. The molecule has 80 valence electrons. The normalized spacial score (nSPS) is 9.87. The van der Waals surface area contributed by atoms with Gasteiger partial charge in [-0.25, -0.2) is 0 Å². The summed E-state index contributed by atoms with van der Waals surface area (Å²) >= 11 is 0. The van der Waals surface area contributed by atoms with Crippen molar-refractivity contribution in [1.82, 2.24) is 5.32 Å². The molecule has 1 rings (SSSR count). The predicted octanol–water partition coefficient (Wildman–Crippen LogP) is 2.29. The van der Waals surface area contributed by atoms with Crippen molar-refractivity contribution >= 4 is 0 Å². The molecule has 0 saturated carbocycles. The number of benzene rings is 1. The van der Waals surface area contributed by atoms with Crippen LogP contribution in [0.15, 0.2) is 24.3 Å². The van der Waals surface area contributed by atoms with Crippen molar-refractivity contribution in [3.05, 3.63) is 35.4 Å². The Balaban J connectivity index is 2.23. The van der Waals surface area contributed by atoms with Crippen LogP contribution in [-0.2, 0) is 12.8 Å². The molecule has 0 amide bonds. The molecule has 0 fully saturated rings. The van der Waals surface area contributed by atoms with Gasteiger partial charge in [0.1, 0.15) is 0 Å². The average Bonchev–Trinajstić information content (AvgIpc) is 2.30. The monoisotopic (exact) mass is 202 g/mol. The lowest BCUT2D eigenvalue weighted by Crippen LogP contribution is -2.18. The molecule has 2 heteroatoms. The van der Waals surface area contributed by atoms with E-state index in [1.54, 1.807) is 0 Å². The van der Waals surface area contributed by atoms with Crippen molar-refractivity contribution in [2.24, 2.45) is 0 Å². The highest BCUT2D eigenvalue weighted by Gasteiger charge is 1.93. The van der Waals surface area contributed by atoms with Crippen LogP contribution in [-0.4, -0.2) is 13.1 Å². The molecule has 0 aliphatic heterocycles. The second-order valence-corrected chi connectivity index (χ2v) is 3.58. The minimum Gasteiger partial charge on any atom is -0.315 e. The van der Waals surface area contributed by atoms with Crippen LogP contribution in [0.25, 0.3) is 0 Å². The molecule has 1 aromatic rings. The van der Waals surface area contributed by atoms with E-state index < -0.39 is 0 Å². The molecule has 0 aliphatic carbocycles. The van der Waals surface area contributed by atoms with E-state index in [-0.39, 0.29) is 0 Å². The zero-order valence-electron chi connectivity index (χ0n) is 9.29. The first-order chi connectivity index (χ1) is 7.36. The highest BCUT2D eigenvalue weighted by molar-refractivity contribution is 5.22. The van der Waals surface area contributed by atoms with Crippen LogP contribution < -0.4 is 5.32 Å². The van der Waals surface area contributed by atoms with Gasteiger partial charge in [0.15, 0.2) is 0 Å². The summed E-state index contributed by atoms with van der Waals surface area (Å²) in [5.74, 6) is 0. The summed E-state index contributed by atoms with van der Waals surface area (Å²) in [5.41, 5.74) is 2.74. The smallest absolute Gasteiger partial charge is 0.0635 e. The van der Waals surface area contributed by atoms with Crippen molar-refractivity contribution in [1.29, 1.82) is 5.26 Å². The molecule has 15 heavy (non-hydrogen) atoms. The molecule has 2 nitrogen and oxygen atoms in total. The van der Waals surface area contributed by atoms with Crippen molar-refractivity contribution < 1.29 is 0 Å². The van der Waals surface area contributed by atoms with Crippen molar-refractivity contribution in [3.63, 3.8) is 0 Å². The molecule has 0 saturated heterocycles. The van der Waals surface area contributed by atoms with Crippen LogP contribution in [0.2, 0.25) is 0 Å². The molecule has 0 atom stereocenters. The molecular weight excluding hydrogens is 184 g/mol. The van der Waals surface area contributed by atoms with Gasteiger partial charge in [-0.15, -0.1) is 0 Å². The molecule has 0 bridgehead atoms. The maximum absolute atomic E-state index is 8.35. The first-order valence-corrected chi connectivity index (χ1v) is 5.52.